The van der Waals surface area contributed by atoms with Crippen LogP contribution in [0.5, 0.6) is 0 Å². The summed E-state index contributed by atoms with van der Waals surface area (Å²) < 4.78 is 0. The minimum Gasteiger partial charge on any atom is -0.510 e. The summed E-state index contributed by atoms with van der Waals surface area (Å²) in [5, 5.41) is 18.4. The summed E-state index contributed by atoms with van der Waals surface area (Å²) in [5.74, 6) is 0.662. The highest BCUT2D eigenvalue weighted by Gasteiger charge is 2.27. The summed E-state index contributed by atoms with van der Waals surface area (Å²) in [4.78, 5) is 1.88. The number of benzene rings is 2. The summed E-state index contributed by atoms with van der Waals surface area (Å²) in [6, 6.07) is 19.6. The van der Waals surface area contributed by atoms with Crippen LogP contribution in [0.3, 0.4) is 0 Å². The van der Waals surface area contributed by atoms with E-state index in [1.54, 1.807) is 0 Å². The number of rotatable bonds is 3. The third-order valence-electron chi connectivity index (χ3n) is 3.46. The molecule has 0 unspecified atom stereocenters. The number of amidine groups is 1. The van der Waals surface area contributed by atoms with E-state index in [0.717, 1.165) is 11.1 Å². The Morgan fingerprint density at radius 3 is 2.20 bits per heavy atom. The zero-order valence-corrected chi connectivity index (χ0v) is 11.1. The zero-order chi connectivity index (χ0) is 13.9. The van der Waals surface area contributed by atoms with Gasteiger partial charge in [0.05, 0.1) is 12.1 Å². The van der Waals surface area contributed by atoms with Gasteiger partial charge < -0.3 is 10.0 Å². The number of aliphatic hydroxyl groups is 1. The summed E-state index contributed by atoms with van der Waals surface area (Å²) in [6.07, 6.45) is 0. The molecule has 0 aliphatic carbocycles. The molecule has 3 rings (SSSR count). The first-order valence-corrected chi connectivity index (χ1v) is 6.61. The Morgan fingerprint density at radius 1 is 0.950 bits per heavy atom. The first-order valence-electron chi connectivity index (χ1n) is 6.61. The van der Waals surface area contributed by atoms with Gasteiger partial charge in [-0.1, -0.05) is 60.7 Å². The molecule has 100 valence electrons. The molecular weight excluding hydrogens is 248 g/mol. The lowest BCUT2D eigenvalue weighted by Gasteiger charge is -2.18. The van der Waals surface area contributed by atoms with E-state index >= 15 is 0 Å². The van der Waals surface area contributed by atoms with E-state index in [9.17, 15) is 5.11 Å². The molecule has 2 aromatic rings. The zero-order valence-electron chi connectivity index (χ0n) is 11.1. The fraction of sp³-hybridized carbons (Fsp3) is 0.118. The maximum Gasteiger partial charge on any atom is 0.132 e. The van der Waals surface area contributed by atoms with E-state index in [2.05, 4.69) is 0 Å². The predicted molar refractivity (Wildman–Crippen MR) is 80.6 cm³/mol. The van der Waals surface area contributed by atoms with Crippen LogP contribution in [0.2, 0.25) is 0 Å². The Bertz CT molecular complexity index is 647. The molecule has 0 saturated carbocycles. The van der Waals surface area contributed by atoms with E-state index < -0.39 is 0 Å². The highest BCUT2D eigenvalue weighted by Crippen LogP contribution is 2.27. The van der Waals surface area contributed by atoms with Gasteiger partial charge in [-0.25, -0.2) is 0 Å². The normalized spacial score (nSPS) is 15.0. The van der Waals surface area contributed by atoms with Crippen LogP contribution >= 0.6 is 0 Å². The third-order valence-corrected chi connectivity index (χ3v) is 3.46. The predicted octanol–water partition coefficient (Wildman–Crippen LogP) is 3.45. The van der Waals surface area contributed by atoms with Crippen molar-refractivity contribution in [2.75, 3.05) is 6.54 Å². The number of nitrogens with zero attached hydrogens (tertiary/aromatic N) is 1. The van der Waals surface area contributed by atoms with Crippen molar-refractivity contribution >= 4 is 11.4 Å². The molecule has 1 aliphatic rings. The number of hydrogen-bond donors (Lipinski definition) is 2. The lowest BCUT2D eigenvalue weighted by atomic mass is 10.1. The molecule has 2 N–H and O–H groups in total. The molecule has 0 atom stereocenters. The Kier molecular flexibility index (Phi) is 3.25. The molecule has 2 aromatic carbocycles. The maximum absolute atomic E-state index is 10.2. The van der Waals surface area contributed by atoms with Crippen molar-refractivity contribution in [2.45, 2.75) is 6.54 Å². The molecule has 0 spiro atoms. The fourth-order valence-electron chi connectivity index (χ4n) is 2.48. The standard InChI is InChI=1S/C17H16N2O/c18-17-16(14-9-5-2-6-10-14)15(20)12-19(17)11-13-7-3-1-4-8-13/h1-10,18,20H,11-12H2. The highest BCUT2D eigenvalue weighted by atomic mass is 16.3. The van der Waals surface area contributed by atoms with Crippen LogP contribution < -0.4 is 0 Å². The van der Waals surface area contributed by atoms with Crippen LogP contribution in [-0.4, -0.2) is 22.4 Å². The average molecular weight is 264 g/mol. The topological polar surface area (TPSA) is 47.3 Å². The fourth-order valence-corrected chi connectivity index (χ4v) is 2.48. The molecule has 3 nitrogen and oxygen atoms in total. The van der Waals surface area contributed by atoms with Gasteiger partial charge in [0.1, 0.15) is 11.6 Å². The van der Waals surface area contributed by atoms with E-state index in [1.807, 2.05) is 65.6 Å². The van der Waals surface area contributed by atoms with Crippen molar-refractivity contribution in [2.24, 2.45) is 0 Å². The highest BCUT2D eigenvalue weighted by molar-refractivity contribution is 6.23. The minimum absolute atomic E-state index is 0.275. The molecule has 20 heavy (non-hydrogen) atoms. The van der Waals surface area contributed by atoms with Crippen molar-refractivity contribution in [1.29, 1.82) is 5.41 Å². The van der Waals surface area contributed by atoms with Gasteiger partial charge in [-0.3, -0.25) is 5.41 Å². The van der Waals surface area contributed by atoms with E-state index in [0.29, 0.717) is 24.5 Å². The number of aliphatic hydroxyl groups excluding tert-OH is 1. The third kappa shape index (κ3) is 2.30. The summed E-state index contributed by atoms with van der Waals surface area (Å²) in [6.45, 7) is 1.04. The van der Waals surface area contributed by atoms with E-state index in [1.165, 1.54) is 0 Å². The molecule has 0 saturated heterocycles. The van der Waals surface area contributed by atoms with Crippen molar-refractivity contribution in [3.05, 3.63) is 77.5 Å². The lowest BCUT2D eigenvalue weighted by Crippen LogP contribution is -2.25. The van der Waals surface area contributed by atoms with Crippen molar-refractivity contribution in [1.82, 2.24) is 4.90 Å². The Morgan fingerprint density at radius 2 is 1.55 bits per heavy atom. The van der Waals surface area contributed by atoms with Crippen LogP contribution in [0.25, 0.3) is 5.57 Å². The summed E-state index contributed by atoms with van der Waals surface area (Å²) in [5.41, 5.74) is 2.67. The monoisotopic (exact) mass is 264 g/mol. The molecule has 1 heterocycles. The molecule has 0 bridgehead atoms. The Balaban J connectivity index is 1.82. The van der Waals surface area contributed by atoms with Gasteiger partial charge >= 0.3 is 0 Å². The van der Waals surface area contributed by atoms with Crippen molar-refractivity contribution in [3.8, 4) is 0 Å². The van der Waals surface area contributed by atoms with Gasteiger partial charge in [0.15, 0.2) is 0 Å². The second-order valence-corrected chi connectivity index (χ2v) is 4.88. The summed E-state index contributed by atoms with van der Waals surface area (Å²) in [7, 11) is 0. The Labute approximate surface area is 118 Å². The summed E-state index contributed by atoms with van der Waals surface area (Å²) >= 11 is 0. The minimum atomic E-state index is 0.275. The first-order chi connectivity index (χ1) is 9.75. The lowest BCUT2D eigenvalue weighted by molar-refractivity contribution is 0.347. The molecular formula is C17H16N2O. The molecule has 0 aromatic heterocycles. The van der Waals surface area contributed by atoms with Crippen LogP contribution in [-0.2, 0) is 6.54 Å². The van der Waals surface area contributed by atoms with Gasteiger partial charge in [-0.2, -0.15) is 0 Å². The molecule has 1 aliphatic heterocycles. The van der Waals surface area contributed by atoms with Crippen molar-refractivity contribution in [3.63, 3.8) is 0 Å². The molecule has 0 amide bonds. The second-order valence-electron chi connectivity index (χ2n) is 4.88. The quantitative estimate of drug-likeness (QED) is 0.892. The van der Waals surface area contributed by atoms with Crippen LogP contribution in [0.4, 0.5) is 0 Å². The largest absolute Gasteiger partial charge is 0.510 e. The van der Waals surface area contributed by atoms with Gasteiger partial charge in [0.25, 0.3) is 0 Å². The van der Waals surface area contributed by atoms with Crippen LogP contribution in [0.15, 0.2) is 66.4 Å². The molecule has 0 fully saturated rings. The van der Waals surface area contributed by atoms with Crippen LogP contribution in [0, 0.1) is 5.41 Å². The molecule has 3 heteroatoms. The number of nitrogens with one attached hydrogen (secondary N) is 1. The Hall–Kier alpha value is -2.55. The smallest absolute Gasteiger partial charge is 0.132 e. The number of hydrogen-bond acceptors (Lipinski definition) is 2. The SMILES string of the molecule is N=C1C(c2ccccc2)=C(O)CN1Cc1ccccc1. The van der Waals surface area contributed by atoms with Crippen LogP contribution in [0.1, 0.15) is 11.1 Å². The first kappa shape index (κ1) is 12.5. The van der Waals surface area contributed by atoms with Gasteiger partial charge in [-0.15, -0.1) is 0 Å². The van der Waals surface area contributed by atoms with Gasteiger partial charge in [0.2, 0.25) is 0 Å². The second kappa shape index (κ2) is 5.21. The molecule has 0 radical (unpaired) electrons. The van der Waals surface area contributed by atoms with Crippen molar-refractivity contribution < 1.29 is 5.11 Å². The maximum atomic E-state index is 10.2. The van der Waals surface area contributed by atoms with E-state index in [4.69, 9.17) is 5.41 Å². The average Bonchev–Trinajstić information content (AvgIpc) is 2.75. The van der Waals surface area contributed by atoms with Gasteiger partial charge in [0, 0.05) is 6.54 Å². The van der Waals surface area contributed by atoms with Gasteiger partial charge in [-0.05, 0) is 11.1 Å². The van der Waals surface area contributed by atoms with E-state index in [-0.39, 0.29) is 5.76 Å².